The van der Waals surface area contributed by atoms with Gasteiger partial charge in [-0.3, -0.25) is 10.1 Å². The normalized spacial score (nSPS) is 18.2. The van der Waals surface area contributed by atoms with Crippen LogP contribution in [0.3, 0.4) is 0 Å². The van der Waals surface area contributed by atoms with E-state index >= 15 is 0 Å². The quantitative estimate of drug-likeness (QED) is 0.466. The number of rotatable bonds is 2. The highest BCUT2D eigenvalue weighted by Crippen LogP contribution is 2.36. The molecular formula is C8H7N3O5S. The molecule has 0 radical (unpaired) electrons. The van der Waals surface area contributed by atoms with Gasteiger partial charge in [-0.2, -0.15) is 0 Å². The third-order valence-electron chi connectivity index (χ3n) is 1.96. The number of phenols is 2. The summed E-state index contributed by atoms with van der Waals surface area (Å²) in [6, 6.07) is 2.19. The maximum Gasteiger partial charge on any atom is 0.315 e. The minimum atomic E-state index is -0.809. The molecule has 8 nitrogen and oxygen atoms in total. The predicted octanol–water partition coefficient (Wildman–Crippen LogP) is 1.04. The fraction of sp³-hybridized carbons (Fsp3) is 0.125. The van der Waals surface area contributed by atoms with E-state index in [-0.39, 0.29) is 11.5 Å². The van der Waals surface area contributed by atoms with Gasteiger partial charge in [-0.1, -0.05) is 4.47 Å². The SMILES string of the molecule is CS1=NN=C(c2cc(O)c(O)c([N+](=O)[O-])c2)O1. The van der Waals surface area contributed by atoms with Crippen molar-refractivity contribution in [2.24, 2.45) is 9.57 Å². The van der Waals surface area contributed by atoms with Gasteiger partial charge in [0.05, 0.1) is 10.5 Å². The van der Waals surface area contributed by atoms with Crippen LogP contribution in [-0.4, -0.2) is 27.3 Å². The zero-order valence-corrected chi connectivity index (χ0v) is 9.34. The van der Waals surface area contributed by atoms with Crippen molar-refractivity contribution >= 4 is 22.6 Å². The lowest BCUT2D eigenvalue weighted by Gasteiger charge is -2.04. The molecule has 0 saturated carbocycles. The topological polar surface area (TPSA) is 118 Å². The van der Waals surface area contributed by atoms with Crippen molar-refractivity contribution in [2.75, 3.05) is 6.26 Å². The monoisotopic (exact) mass is 257 g/mol. The van der Waals surface area contributed by atoms with Crippen LogP contribution in [0.2, 0.25) is 0 Å². The summed E-state index contributed by atoms with van der Waals surface area (Å²) in [5, 5.41) is 33.0. The van der Waals surface area contributed by atoms with Crippen LogP contribution in [0, 0.1) is 10.1 Å². The molecule has 2 rings (SSSR count). The van der Waals surface area contributed by atoms with Crippen molar-refractivity contribution in [2.45, 2.75) is 0 Å². The first kappa shape index (κ1) is 11.3. The number of benzene rings is 1. The molecule has 1 aliphatic heterocycles. The Morgan fingerprint density at radius 1 is 1.47 bits per heavy atom. The standard InChI is InChI=1S/C8H7N3O5S/c1-17-10-9-8(16-17)4-2-5(11(14)15)7(13)6(12)3-4/h2-3,12-13H,1H3. The molecule has 1 aromatic rings. The average Bonchev–Trinajstić information content (AvgIpc) is 2.68. The number of hydrogen-bond acceptors (Lipinski definition) is 7. The Kier molecular flexibility index (Phi) is 2.68. The third kappa shape index (κ3) is 2.04. The first-order valence-electron chi connectivity index (χ1n) is 4.33. The van der Waals surface area contributed by atoms with Gasteiger partial charge >= 0.3 is 5.69 Å². The summed E-state index contributed by atoms with van der Waals surface area (Å²) in [6.07, 6.45) is 1.67. The Bertz CT molecular complexity index is 569. The van der Waals surface area contributed by atoms with Crippen molar-refractivity contribution < 1.29 is 19.3 Å². The highest BCUT2D eigenvalue weighted by atomic mass is 32.2. The minimum absolute atomic E-state index is 0.0780. The van der Waals surface area contributed by atoms with E-state index in [1.54, 1.807) is 6.26 Å². The van der Waals surface area contributed by atoms with Gasteiger partial charge in [-0.05, 0) is 6.07 Å². The van der Waals surface area contributed by atoms with Crippen LogP contribution in [0.1, 0.15) is 5.56 Å². The van der Waals surface area contributed by atoms with Crippen LogP contribution in [0.4, 0.5) is 5.69 Å². The summed E-state index contributed by atoms with van der Waals surface area (Å²) in [4.78, 5) is 9.83. The summed E-state index contributed by atoms with van der Waals surface area (Å²) in [6.45, 7) is 0. The maximum atomic E-state index is 10.6. The van der Waals surface area contributed by atoms with Gasteiger partial charge in [0, 0.05) is 12.3 Å². The fourth-order valence-corrected chi connectivity index (χ4v) is 1.80. The van der Waals surface area contributed by atoms with Crippen LogP contribution in [0.15, 0.2) is 21.7 Å². The third-order valence-corrected chi connectivity index (χ3v) is 2.67. The zero-order valence-electron chi connectivity index (χ0n) is 8.52. The van der Waals surface area contributed by atoms with E-state index in [9.17, 15) is 20.3 Å². The van der Waals surface area contributed by atoms with E-state index in [2.05, 4.69) is 9.57 Å². The molecule has 0 saturated heterocycles. The van der Waals surface area contributed by atoms with Crippen LogP contribution in [0.5, 0.6) is 11.5 Å². The van der Waals surface area contributed by atoms with E-state index in [1.807, 2.05) is 0 Å². The van der Waals surface area contributed by atoms with Gasteiger partial charge in [0.2, 0.25) is 5.75 Å². The molecule has 9 heteroatoms. The van der Waals surface area contributed by atoms with Gasteiger partial charge in [0.15, 0.2) is 5.75 Å². The van der Waals surface area contributed by atoms with Gasteiger partial charge in [-0.15, -0.1) is 5.10 Å². The lowest BCUT2D eigenvalue weighted by Crippen LogP contribution is -2.04. The average molecular weight is 257 g/mol. The first-order valence-corrected chi connectivity index (χ1v) is 5.84. The van der Waals surface area contributed by atoms with Gasteiger partial charge in [0.1, 0.15) is 11.0 Å². The molecule has 1 atom stereocenters. The van der Waals surface area contributed by atoms with Crippen molar-refractivity contribution in [3.05, 3.63) is 27.8 Å². The molecule has 2 N–H and O–H groups in total. The predicted molar refractivity (Wildman–Crippen MR) is 59.8 cm³/mol. The van der Waals surface area contributed by atoms with E-state index in [4.69, 9.17) is 4.18 Å². The molecule has 1 aromatic carbocycles. The lowest BCUT2D eigenvalue weighted by molar-refractivity contribution is -0.386. The number of nitrogens with zero attached hydrogens (tertiary/aromatic N) is 3. The fourth-order valence-electron chi connectivity index (χ4n) is 1.21. The molecule has 1 unspecified atom stereocenters. The number of phenolic OH excluding ortho intramolecular Hbond substituents is 2. The highest BCUT2D eigenvalue weighted by Gasteiger charge is 2.23. The van der Waals surface area contributed by atoms with Crippen LogP contribution in [-0.2, 0) is 15.2 Å². The van der Waals surface area contributed by atoms with Crippen molar-refractivity contribution in [3.63, 3.8) is 0 Å². The lowest BCUT2D eigenvalue weighted by atomic mass is 10.1. The molecule has 1 aliphatic rings. The molecule has 17 heavy (non-hydrogen) atoms. The van der Waals surface area contributed by atoms with Crippen LogP contribution < -0.4 is 0 Å². The zero-order chi connectivity index (χ0) is 12.6. The molecule has 0 aliphatic carbocycles. The van der Waals surface area contributed by atoms with Crippen LogP contribution >= 0.6 is 0 Å². The molecule has 90 valence electrons. The Morgan fingerprint density at radius 2 is 2.18 bits per heavy atom. The van der Waals surface area contributed by atoms with E-state index in [0.717, 1.165) is 12.1 Å². The van der Waals surface area contributed by atoms with Crippen molar-refractivity contribution in [1.29, 1.82) is 0 Å². The second kappa shape index (κ2) is 4.01. The summed E-state index contributed by atoms with van der Waals surface area (Å²) < 4.78 is 8.87. The second-order valence-electron chi connectivity index (χ2n) is 3.11. The Morgan fingerprint density at radius 3 is 2.71 bits per heavy atom. The van der Waals surface area contributed by atoms with Gasteiger partial charge in [-0.25, -0.2) is 0 Å². The molecule has 0 spiro atoms. The first-order chi connectivity index (χ1) is 7.99. The molecule has 1 heterocycles. The van der Waals surface area contributed by atoms with E-state index in [1.165, 1.54) is 0 Å². The van der Waals surface area contributed by atoms with Gasteiger partial charge in [0.25, 0.3) is 5.90 Å². The molecule has 0 aromatic heterocycles. The molecule has 0 amide bonds. The summed E-state index contributed by atoms with van der Waals surface area (Å²) >= 11 is 0. The van der Waals surface area contributed by atoms with E-state index in [0.29, 0.717) is 0 Å². The largest absolute Gasteiger partial charge is 0.504 e. The number of aromatic hydroxyl groups is 2. The van der Waals surface area contributed by atoms with Crippen molar-refractivity contribution in [1.82, 2.24) is 0 Å². The van der Waals surface area contributed by atoms with Crippen molar-refractivity contribution in [3.8, 4) is 11.5 Å². The molecule has 0 bridgehead atoms. The number of nitro benzene ring substituents is 1. The Hall–Kier alpha value is -2.16. The highest BCUT2D eigenvalue weighted by molar-refractivity contribution is 7.82. The molecule has 0 fully saturated rings. The molecular weight excluding hydrogens is 250 g/mol. The minimum Gasteiger partial charge on any atom is -0.504 e. The Labute approximate surface area is 97.6 Å². The smallest absolute Gasteiger partial charge is 0.315 e. The summed E-state index contributed by atoms with van der Waals surface area (Å²) in [7, 11) is -0.725. The van der Waals surface area contributed by atoms with Crippen LogP contribution in [0.25, 0.3) is 0 Å². The Balaban J connectivity index is 2.47. The number of nitro groups is 1. The van der Waals surface area contributed by atoms with Gasteiger partial charge < -0.3 is 14.4 Å². The number of hydrogen-bond donors (Lipinski definition) is 2. The maximum absolute atomic E-state index is 10.6. The summed E-state index contributed by atoms with van der Waals surface area (Å²) in [5.41, 5.74) is -0.429. The summed E-state index contributed by atoms with van der Waals surface area (Å²) in [5.74, 6) is -1.32. The van der Waals surface area contributed by atoms with E-state index < -0.39 is 33.1 Å². The second-order valence-corrected chi connectivity index (χ2v) is 4.29.